The van der Waals surface area contributed by atoms with Crippen LogP contribution in [0.3, 0.4) is 0 Å². The van der Waals surface area contributed by atoms with Crippen molar-refractivity contribution in [3.8, 4) is 44.5 Å². The number of furan rings is 1. The van der Waals surface area contributed by atoms with Crippen LogP contribution in [0.2, 0.25) is 0 Å². The van der Waals surface area contributed by atoms with Crippen molar-refractivity contribution in [1.82, 2.24) is 0 Å². The lowest BCUT2D eigenvalue weighted by Crippen LogP contribution is -2.16. The average Bonchev–Trinajstić information content (AvgIpc) is 3.88. The monoisotopic (exact) mass is 727 g/mol. The van der Waals surface area contributed by atoms with Gasteiger partial charge in [0.05, 0.1) is 11.0 Å². The summed E-state index contributed by atoms with van der Waals surface area (Å²) in [5.41, 5.74) is 9.47. The first kappa shape index (κ1) is 25.4. The zero-order chi connectivity index (χ0) is 44.7. The molecule has 0 bridgehead atoms. The zero-order valence-electron chi connectivity index (χ0n) is 39.5. The smallest absolute Gasteiger partial charge is 0.143 e. The van der Waals surface area contributed by atoms with E-state index in [1.165, 1.54) is 4.90 Å². The van der Waals surface area contributed by atoms with Gasteiger partial charge in [0.25, 0.3) is 0 Å². The van der Waals surface area contributed by atoms with E-state index in [9.17, 15) is 11.0 Å². The second kappa shape index (κ2) is 11.9. The summed E-state index contributed by atoms with van der Waals surface area (Å²) >= 11 is 0. The Kier molecular flexibility index (Phi) is 5.42. The molecule has 1 aromatic heterocycles. The summed E-state index contributed by atoms with van der Waals surface area (Å²) in [4.78, 5) is 1.41. The van der Waals surface area contributed by atoms with Gasteiger partial charge in [-0.2, -0.15) is 0 Å². The molecule has 2 nitrogen and oxygen atoms in total. The van der Waals surface area contributed by atoms with Crippen LogP contribution in [0.25, 0.3) is 66.4 Å². The standard InChI is InChI=1S/C54H41NO/c1-53(2)47-20-9-6-15-45(47)51-39(16-12-21-48(51)53)34-23-27-36(28-24-34)55(38-31-32-42-41-13-5-8-19-46(41)54(3,4)49(42)33-38)37-29-25-35(26-30-37)40-17-11-18-44-43-14-7-10-22-50(43)56-52(40)44/h5-33H,1-4H3/i23D,24D,25D,26D,27D,28D,29D,30D. The van der Waals surface area contributed by atoms with Crippen molar-refractivity contribution in [3.05, 3.63) is 198 Å². The first-order chi connectivity index (χ1) is 30.6. The van der Waals surface area contributed by atoms with Gasteiger partial charge in [0.15, 0.2) is 0 Å². The summed E-state index contributed by atoms with van der Waals surface area (Å²) in [6.45, 7) is 8.54. The number of rotatable bonds is 5. The maximum Gasteiger partial charge on any atom is 0.143 e. The fourth-order valence-corrected chi connectivity index (χ4v) is 9.21. The van der Waals surface area contributed by atoms with Crippen molar-refractivity contribution >= 4 is 39.0 Å². The highest BCUT2D eigenvalue weighted by molar-refractivity contribution is 6.09. The normalized spacial score (nSPS) is 16.4. The van der Waals surface area contributed by atoms with Gasteiger partial charge in [-0.15, -0.1) is 0 Å². The number of hydrogen-bond acceptors (Lipinski definition) is 2. The largest absolute Gasteiger partial charge is 0.455 e. The molecule has 2 aliphatic carbocycles. The molecular weight excluding hydrogens is 679 g/mol. The van der Waals surface area contributed by atoms with E-state index >= 15 is 0 Å². The van der Waals surface area contributed by atoms with Crippen LogP contribution in [0.15, 0.2) is 180 Å². The Labute approximate surface area is 339 Å². The average molecular weight is 728 g/mol. The molecule has 8 aromatic carbocycles. The topological polar surface area (TPSA) is 16.4 Å². The van der Waals surface area contributed by atoms with E-state index in [4.69, 9.17) is 4.42 Å². The second-order valence-electron chi connectivity index (χ2n) is 15.9. The number of nitrogens with zero attached hydrogens (tertiary/aromatic N) is 1. The van der Waals surface area contributed by atoms with Crippen LogP contribution in [0.5, 0.6) is 0 Å². The van der Waals surface area contributed by atoms with E-state index in [-0.39, 0.29) is 64.2 Å². The number of fused-ring (bicyclic) bond motifs is 9. The van der Waals surface area contributed by atoms with E-state index in [0.29, 0.717) is 28.0 Å². The van der Waals surface area contributed by atoms with Gasteiger partial charge in [-0.3, -0.25) is 0 Å². The van der Waals surface area contributed by atoms with Crippen molar-refractivity contribution in [2.24, 2.45) is 0 Å². The molecule has 0 saturated carbocycles. The lowest BCUT2D eigenvalue weighted by Gasteiger charge is -2.28. The fourth-order valence-electron chi connectivity index (χ4n) is 9.21. The molecular formula is C54H41NO. The van der Waals surface area contributed by atoms with Gasteiger partial charge >= 0.3 is 0 Å². The molecule has 56 heavy (non-hydrogen) atoms. The van der Waals surface area contributed by atoms with E-state index in [2.05, 4.69) is 52.0 Å². The van der Waals surface area contributed by atoms with Crippen LogP contribution < -0.4 is 4.90 Å². The fraction of sp³-hybridized carbons (Fsp3) is 0.111. The first-order valence-electron chi connectivity index (χ1n) is 23.0. The maximum absolute atomic E-state index is 9.82. The van der Waals surface area contributed by atoms with Crippen LogP contribution in [0.4, 0.5) is 17.1 Å². The van der Waals surface area contributed by atoms with E-state index < -0.39 is 17.5 Å². The molecule has 0 atom stereocenters. The van der Waals surface area contributed by atoms with Gasteiger partial charge in [0.2, 0.25) is 0 Å². The Morgan fingerprint density at radius 1 is 0.429 bits per heavy atom. The summed E-state index contributed by atoms with van der Waals surface area (Å²) in [5.74, 6) is 0. The quantitative estimate of drug-likeness (QED) is 0.175. The maximum atomic E-state index is 9.82. The molecule has 2 heteroatoms. The Morgan fingerprint density at radius 2 is 0.946 bits per heavy atom. The molecule has 0 amide bonds. The molecule has 0 radical (unpaired) electrons. The van der Waals surface area contributed by atoms with Gasteiger partial charge in [0, 0.05) is 44.2 Å². The summed E-state index contributed by atoms with van der Waals surface area (Å²) < 4.78 is 84.0. The van der Waals surface area contributed by atoms with Crippen LogP contribution >= 0.6 is 0 Å². The summed E-state index contributed by atoms with van der Waals surface area (Å²) in [6.07, 6.45) is 0. The third kappa shape index (κ3) is 4.69. The molecule has 0 fully saturated rings. The van der Waals surface area contributed by atoms with E-state index in [1.807, 2.05) is 91.0 Å². The predicted octanol–water partition coefficient (Wildman–Crippen LogP) is 15.0. The van der Waals surface area contributed by atoms with Crippen LogP contribution in [-0.2, 0) is 10.8 Å². The van der Waals surface area contributed by atoms with Crippen molar-refractivity contribution in [3.63, 3.8) is 0 Å². The Balaban J connectivity index is 1.18. The molecule has 1 heterocycles. The summed E-state index contributed by atoms with van der Waals surface area (Å²) in [5, 5.41) is 1.64. The Bertz CT molecular complexity index is 3450. The van der Waals surface area contributed by atoms with Crippen molar-refractivity contribution in [2.75, 3.05) is 4.90 Å². The Hall–Kier alpha value is -6.64. The number of para-hydroxylation sites is 2. The summed E-state index contributed by atoms with van der Waals surface area (Å²) in [7, 11) is 0. The highest BCUT2D eigenvalue weighted by Gasteiger charge is 2.37. The van der Waals surface area contributed by atoms with Crippen LogP contribution in [0, 0.1) is 0 Å². The third-order valence-electron chi connectivity index (χ3n) is 12.0. The van der Waals surface area contributed by atoms with Crippen molar-refractivity contribution < 1.29 is 15.4 Å². The van der Waals surface area contributed by atoms with E-state index in [0.717, 1.165) is 55.3 Å². The highest BCUT2D eigenvalue weighted by atomic mass is 16.3. The SMILES string of the molecule is [2H]c1c([2H])c(N(c2ccc3c(c2)C(C)(C)c2ccccc2-3)c2c([2H])c([2H])c(-c3cccc4c3oc3ccccc34)c([2H])c2[2H])c([2H])c([2H])c1-c1cccc2c1-c1ccccc1C2(C)C. The van der Waals surface area contributed by atoms with Crippen molar-refractivity contribution in [2.45, 2.75) is 38.5 Å². The van der Waals surface area contributed by atoms with Gasteiger partial charge < -0.3 is 9.32 Å². The minimum Gasteiger partial charge on any atom is -0.455 e. The molecule has 0 spiro atoms. The molecule has 11 rings (SSSR count). The minimum absolute atomic E-state index is 0.0462. The lowest BCUT2D eigenvalue weighted by molar-refractivity contribution is 0.660. The molecule has 0 unspecified atom stereocenters. The molecule has 268 valence electrons. The third-order valence-corrected chi connectivity index (χ3v) is 12.0. The first-order valence-corrected chi connectivity index (χ1v) is 19.0. The number of anilines is 3. The minimum atomic E-state index is -0.478. The van der Waals surface area contributed by atoms with Gasteiger partial charge in [-0.1, -0.05) is 161 Å². The predicted molar refractivity (Wildman–Crippen MR) is 234 cm³/mol. The zero-order valence-corrected chi connectivity index (χ0v) is 31.5. The van der Waals surface area contributed by atoms with Crippen LogP contribution in [0.1, 0.15) is 60.9 Å². The molecule has 9 aromatic rings. The summed E-state index contributed by atoms with van der Waals surface area (Å²) in [6, 6.07) is 37.9. The highest BCUT2D eigenvalue weighted by Crippen LogP contribution is 2.53. The molecule has 2 aliphatic rings. The number of benzene rings is 8. The Morgan fingerprint density at radius 3 is 1.70 bits per heavy atom. The van der Waals surface area contributed by atoms with E-state index in [1.54, 1.807) is 12.1 Å². The van der Waals surface area contributed by atoms with Gasteiger partial charge in [0.1, 0.15) is 11.2 Å². The number of hydrogen-bond donors (Lipinski definition) is 0. The molecule has 0 aliphatic heterocycles. The molecule has 0 N–H and O–H groups in total. The lowest BCUT2D eigenvalue weighted by atomic mass is 9.82. The van der Waals surface area contributed by atoms with Crippen LogP contribution in [-0.4, -0.2) is 0 Å². The molecule has 0 saturated heterocycles. The van der Waals surface area contributed by atoms with Crippen molar-refractivity contribution in [1.29, 1.82) is 0 Å². The second-order valence-corrected chi connectivity index (χ2v) is 15.9. The van der Waals surface area contributed by atoms with Gasteiger partial charge in [-0.25, -0.2) is 0 Å². The van der Waals surface area contributed by atoms with Gasteiger partial charge in [-0.05, 0) is 104 Å².